The van der Waals surface area contributed by atoms with Crippen LogP contribution in [-0.4, -0.2) is 38.1 Å². The molecule has 0 fully saturated rings. The molecule has 0 aliphatic carbocycles. The van der Waals surface area contributed by atoms with Crippen molar-refractivity contribution in [3.63, 3.8) is 0 Å². The lowest BCUT2D eigenvalue weighted by molar-refractivity contribution is -0.383. The molecule has 0 saturated heterocycles. The number of hydrogen-bond acceptors (Lipinski definition) is 5. The van der Waals surface area contributed by atoms with Crippen LogP contribution in [0.5, 0.6) is 0 Å². The summed E-state index contributed by atoms with van der Waals surface area (Å²) >= 11 is 0. The van der Waals surface area contributed by atoms with Gasteiger partial charge >= 0.3 is 0 Å². The fraction of sp³-hybridized carbons (Fsp3) is 0.417. The monoisotopic (exact) mass is 267 g/mol. The highest BCUT2D eigenvalue weighted by Crippen LogP contribution is 2.24. The molecule has 0 aliphatic heterocycles. The van der Waals surface area contributed by atoms with Gasteiger partial charge in [-0.3, -0.25) is 14.9 Å². The van der Waals surface area contributed by atoms with Crippen LogP contribution in [0.4, 0.5) is 11.4 Å². The third-order valence-electron chi connectivity index (χ3n) is 2.54. The highest BCUT2D eigenvalue weighted by Gasteiger charge is 2.15. The first kappa shape index (κ1) is 14.9. The van der Waals surface area contributed by atoms with E-state index in [0.717, 1.165) is 0 Å². The third kappa shape index (κ3) is 4.22. The Hall–Kier alpha value is -2.15. The standard InChI is InChI=1S/C12H17N3O4/c1-13-10-8-9(4-5-11(10)15(17)18)12(16)14-6-3-7-19-2/h4-5,8,13H,3,6-7H2,1-2H3,(H,14,16). The summed E-state index contributed by atoms with van der Waals surface area (Å²) in [6.07, 6.45) is 0.716. The molecular weight excluding hydrogens is 250 g/mol. The molecular formula is C12H17N3O4. The maximum Gasteiger partial charge on any atom is 0.292 e. The van der Waals surface area contributed by atoms with E-state index in [-0.39, 0.29) is 11.6 Å². The number of ether oxygens (including phenoxy) is 1. The van der Waals surface area contributed by atoms with Gasteiger partial charge in [-0.05, 0) is 18.6 Å². The molecule has 1 aromatic rings. The molecule has 7 nitrogen and oxygen atoms in total. The van der Waals surface area contributed by atoms with Crippen molar-refractivity contribution in [1.29, 1.82) is 0 Å². The van der Waals surface area contributed by atoms with E-state index >= 15 is 0 Å². The second-order valence-electron chi connectivity index (χ2n) is 3.84. The number of amides is 1. The smallest absolute Gasteiger partial charge is 0.292 e. The summed E-state index contributed by atoms with van der Waals surface area (Å²) in [4.78, 5) is 22.1. The second-order valence-corrected chi connectivity index (χ2v) is 3.84. The first-order valence-corrected chi connectivity index (χ1v) is 5.83. The van der Waals surface area contributed by atoms with Gasteiger partial charge in [-0.2, -0.15) is 0 Å². The highest BCUT2D eigenvalue weighted by molar-refractivity contribution is 5.95. The minimum Gasteiger partial charge on any atom is -0.385 e. The third-order valence-corrected chi connectivity index (χ3v) is 2.54. The molecule has 0 aromatic heterocycles. The van der Waals surface area contributed by atoms with Gasteiger partial charge < -0.3 is 15.4 Å². The van der Waals surface area contributed by atoms with Crippen LogP contribution < -0.4 is 10.6 Å². The van der Waals surface area contributed by atoms with Crippen LogP contribution in [0, 0.1) is 10.1 Å². The first-order chi connectivity index (χ1) is 9.10. The number of anilines is 1. The Labute approximate surface area is 111 Å². The zero-order valence-corrected chi connectivity index (χ0v) is 10.9. The summed E-state index contributed by atoms with van der Waals surface area (Å²) in [6.45, 7) is 1.07. The summed E-state index contributed by atoms with van der Waals surface area (Å²) < 4.78 is 4.87. The van der Waals surface area contributed by atoms with Crippen molar-refractivity contribution >= 4 is 17.3 Å². The van der Waals surface area contributed by atoms with Crippen molar-refractivity contribution in [2.24, 2.45) is 0 Å². The number of nitro groups is 1. The molecule has 0 spiro atoms. The van der Waals surface area contributed by atoms with Gasteiger partial charge in [0.2, 0.25) is 0 Å². The lowest BCUT2D eigenvalue weighted by Gasteiger charge is -2.07. The molecule has 19 heavy (non-hydrogen) atoms. The van der Waals surface area contributed by atoms with Crippen LogP contribution in [0.1, 0.15) is 16.8 Å². The molecule has 0 radical (unpaired) electrons. The number of nitrogens with zero attached hydrogens (tertiary/aromatic N) is 1. The van der Waals surface area contributed by atoms with Crippen molar-refractivity contribution < 1.29 is 14.5 Å². The number of carbonyl (C=O) groups excluding carboxylic acids is 1. The van der Waals surface area contributed by atoms with Crippen LogP contribution in [0.2, 0.25) is 0 Å². The molecule has 0 unspecified atom stereocenters. The largest absolute Gasteiger partial charge is 0.385 e. The van der Waals surface area contributed by atoms with Crippen molar-refractivity contribution in [2.75, 3.05) is 32.6 Å². The molecule has 0 aliphatic rings. The predicted molar refractivity (Wildman–Crippen MR) is 71.5 cm³/mol. The van der Waals surface area contributed by atoms with E-state index in [1.54, 1.807) is 14.2 Å². The van der Waals surface area contributed by atoms with Crippen LogP contribution in [0.3, 0.4) is 0 Å². The van der Waals surface area contributed by atoms with Gasteiger partial charge in [-0.1, -0.05) is 0 Å². The van der Waals surface area contributed by atoms with Gasteiger partial charge in [-0.25, -0.2) is 0 Å². The molecule has 2 N–H and O–H groups in total. The molecule has 104 valence electrons. The van der Waals surface area contributed by atoms with E-state index in [1.165, 1.54) is 18.2 Å². The van der Waals surface area contributed by atoms with Gasteiger partial charge in [0, 0.05) is 38.9 Å². The molecule has 0 atom stereocenters. The normalized spacial score (nSPS) is 10.0. The van der Waals surface area contributed by atoms with E-state index in [0.29, 0.717) is 30.8 Å². The summed E-state index contributed by atoms with van der Waals surface area (Å²) in [7, 11) is 3.17. The van der Waals surface area contributed by atoms with Crippen molar-refractivity contribution in [3.8, 4) is 0 Å². The molecule has 0 saturated carbocycles. The average Bonchev–Trinajstić information content (AvgIpc) is 2.42. The quantitative estimate of drug-likeness (QED) is 0.442. The minimum atomic E-state index is -0.494. The second kappa shape index (κ2) is 7.32. The Balaban J connectivity index is 2.73. The van der Waals surface area contributed by atoms with Gasteiger partial charge in [0.1, 0.15) is 5.69 Å². The molecule has 0 bridgehead atoms. The number of carbonyl (C=O) groups is 1. The maximum absolute atomic E-state index is 11.8. The van der Waals surface area contributed by atoms with E-state index in [2.05, 4.69) is 10.6 Å². The predicted octanol–water partition coefficient (Wildman–Crippen LogP) is 1.40. The number of hydrogen-bond donors (Lipinski definition) is 2. The molecule has 0 heterocycles. The average molecular weight is 267 g/mol. The molecule has 7 heteroatoms. The number of rotatable bonds is 7. The fourth-order valence-corrected chi connectivity index (χ4v) is 1.56. The Morgan fingerprint density at radius 2 is 2.21 bits per heavy atom. The lowest BCUT2D eigenvalue weighted by Crippen LogP contribution is -2.25. The number of nitro benzene ring substituents is 1. The number of methoxy groups -OCH3 is 1. The lowest BCUT2D eigenvalue weighted by atomic mass is 10.1. The zero-order chi connectivity index (χ0) is 14.3. The van der Waals surface area contributed by atoms with Crippen LogP contribution in [0.25, 0.3) is 0 Å². The van der Waals surface area contributed by atoms with Crippen molar-refractivity contribution in [1.82, 2.24) is 5.32 Å². The van der Waals surface area contributed by atoms with Crippen LogP contribution >= 0.6 is 0 Å². The summed E-state index contributed by atoms with van der Waals surface area (Å²) in [5, 5.41) is 16.2. The first-order valence-electron chi connectivity index (χ1n) is 5.83. The van der Waals surface area contributed by atoms with E-state index in [1.807, 2.05) is 0 Å². The topological polar surface area (TPSA) is 93.5 Å². The van der Waals surface area contributed by atoms with E-state index < -0.39 is 4.92 Å². The zero-order valence-electron chi connectivity index (χ0n) is 10.9. The van der Waals surface area contributed by atoms with Crippen molar-refractivity contribution in [2.45, 2.75) is 6.42 Å². The SMILES string of the molecule is CNc1cc(C(=O)NCCCOC)ccc1[N+](=O)[O-]. The Kier molecular flexibility index (Phi) is 5.74. The Bertz CT molecular complexity index is 462. The molecule has 1 rings (SSSR count). The van der Waals surface area contributed by atoms with Gasteiger partial charge in [0.15, 0.2) is 0 Å². The van der Waals surface area contributed by atoms with E-state index in [9.17, 15) is 14.9 Å². The van der Waals surface area contributed by atoms with Crippen LogP contribution in [-0.2, 0) is 4.74 Å². The van der Waals surface area contributed by atoms with Crippen molar-refractivity contribution in [3.05, 3.63) is 33.9 Å². The molecule has 1 aromatic carbocycles. The minimum absolute atomic E-state index is 0.0570. The summed E-state index contributed by atoms with van der Waals surface area (Å²) in [6, 6.07) is 4.21. The fourth-order valence-electron chi connectivity index (χ4n) is 1.56. The van der Waals surface area contributed by atoms with Gasteiger partial charge in [0.25, 0.3) is 11.6 Å². The number of nitrogens with one attached hydrogen (secondary N) is 2. The van der Waals surface area contributed by atoms with Crippen LogP contribution in [0.15, 0.2) is 18.2 Å². The van der Waals surface area contributed by atoms with E-state index in [4.69, 9.17) is 4.74 Å². The highest BCUT2D eigenvalue weighted by atomic mass is 16.6. The summed E-state index contributed by atoms with van der Waals surface area (Å²) in [5.41, 5.74) is 0.639. The molecule has 1 amide bonds. The van der Waals surface area contributed by atoms with Gasteiger partial charge in [0.05, 0.1) is 4.92 Å². The van der Waals surface area contributed by atoms with Gasteiger partial charge in [-0.15, -0.1) is 0 Å². The Morgan fingerprint density at radius 1 is 1.47 bits per heavy atom. The summed E-state index contributed by atoms with van der Waals surface area (Å²) in [5.74, 6) is -0.262. The maximum atomic E-state index is 11.8. The Morgan fingerprint density at radius 3 is 2.79 bits per heavy atom. The number of benzene rings is 1.